The van der Waals surface area contributed by atoms with Crippen LogP contribution in [-0.2, 0) is 0 Å². The van der Waals surface area contributed by atoms with Crippen molar-refractivity contribution in [3.05, 3.63) is 30.7 Å². The van der Waals surface area contributed by atoms with Gasteiger partial charge in [-0.15, -0.1) is 21.5 Å². The molecule has 3 heterocycles. The summed E-state index contributed by atoms with van der Waals surface area (Å²) in [5, 5.41) is 10.0. The van der Waals surface area contributed by atoms with E-state index in [9.17, 15) is 0 Å². The van der Waals surface area contributed by atoms with E-state index in [1.165, 1.54) is 11.3 Å². The normalized spacial score (nSPS) is 10.6. The monoisotopic (exact) mass is 261 g/mol. The molecule has 0 radical (unpaired) electrons. The lowest BCUT2D eigenvalue weighted by molar-refractivity contribution is 1.10. The van der Waals surface area contributed by atoms with Gasteiger partial charge in [0.1, 0.15) is 5.01 Å². The standard InChI is InChI=1S/C10H7N5S2/c11-10-15-14-9(17-10)7-5-13-8(16-7)6-1-3-12-4-2-6/h1-5H,(H2,11,15). The SMILES string of the molecule is Nc1nnc(-c2cnc(-c3ccncc3)s2)s1. The summed E-state index contributed by atoms with van der Waals surface area (Å²) < 4.78 is 0. The average Bonchev–Trinajstić information content (AvgIpc) is 2.98. The quantitative estimate of drug-likeness (QED) is 0.766. The van der Waals surface area contributed by atoms with Gasteiger partial charge in [0.05, 0.1) is 4.88 Å². The zero-order valence-electron chi connectivity index (χ0n) is 8.57. The summed E-state index contributed by atoms with van der Waals surface area (Å²) in [4.78, 5) is 9.32. The van der Waals surface area contributed by atoms with Gasteiger partial charge in [0, 0.05) is 24.2 Å². The number of hydrogen-bond donors (Lipinski definition) is 1. The van der Waals surface area contributed by atoms with Crippen LogP contribution in [0, 0.1) is 0 Å². The highest BCUT2D eigenvalue weighted by Crippen LogP contribution is 2.33. The van der Waals surface area contributed by atoms with Crippen molar-refractivity contribution >= 4 is 27.8 Å². The lowest BCUT2D eigenvalue weighted by Gasteiger charge is -1.92. The van der Waals surface area contributed by atoms with Crippen molar-refractivity contribution in [3.8, 4) is 20.5 Å². The molecule has 0 saturated heterocycles. The number of pyridine rings is 1. The molecule has 0 aliphatic carbocycles. The summed E-state index contributed by atoms with van der Waals surface area (Å²) in [6.45, 7) is 0. The molecule has 5 nitrogen and oxygen atoms in total. The Kier molecular flexibility index (Phi) is 2.54. The molecule has 0 fully saturated rings. The predicted octanol–water partition coefficient (Wildman–Crippen LogP) is 2.31. The van der Waals surface area contributed by atoms with Gasteiger partial charge >= 0.3 is 0 Å². The molecule has 2 N–H and O–H groups in total. The molecule has 7 heteroatoms. The van der Waals surface area contributed by atoms with Gasteiger partial charge in [0.2, 0.25) is 5.13 Å². The molecule has 3 aromatic heterocycles. The highest BCUT2D eigenvalue weighted by Gasteiger charge is 2.10. The molecule has 0 aliphatic heterocycles. The Morgan fingerprint density at radius 3 is 2.53 bits per heavy atom. The molecule has 0 atom stereocenters. The maximum absolute atomic E-state index is 5.55. The summed E-state index contributed by atoms with van der Waals surface area (Å²) in [6.07, 6.45) is 5.29. The average molecular weight is 261 g/mol. The van der Waals surface area contributed by atoms with Crippen LogP contribution in [0.5, 0.6) is 0 Å². The second-order valence-electron chi connectivity index (χ2n) is 3.21. The van der Waals surface area contributed by atoms with Crippen LogP contribution in [0.15, 0.2) is 30.7 Å². The molecule has 84 valence electrons. The fourth-order valence-electron chi connectivity index (χ4n) is 1.34. The summed E-state index contributed by atoms with van der Waals surface area (Å²) in [5.74, 6) is 0. The van der Waals surface area contributed by atoms with E-state index in [4.69, 9.17) is 5.73 Å². The summed E-state index contributed by atoms with van der Waals surface area (Å²) in [5.41, 5.74) is 6.60. The second-order valence-corrected chi connectivity index (χ2v) is 5.25. The number of rotatable bonds is 2. The summed E-state index contributed by atoms with van der Waals surface area (Å²) in [6, 6.07) is 3.86. The largest absolute Gasteiger partial charge is 0.374 e. The molecular weight excluding hydrogens is 254 g/mol. The molecule has 0 spiro atoms. The lowest BCUT2D eigenvalue weighted by atomic mass is 10.3. The first-order chi connectivity index (χ1) is 8.33. The van der Waals surface area contributed by atoms with Crippen LogP contribution in [0.4, 0.5) is 5.13 Å². The molecule has 0 amide bonds. The first-order valence-electron chi connectivity index (χ1n) is 4.78. The van der Waals surface area contributed by atoms with Crippen molar-refractivity contribution < 1.29 is 0 Å². The Morgan fingerprint density at radius 1 is 1.00 bits per heavy atom. The topological polar surface area (TPSA) is 77.6 Å². The molecular formula is C10H7N5S2. The van der Waals surface area contributed by atoms with Gasteiger partial charge in [0.15, 0.2) is 5.01 Å². The maximum atomic E-state index is 5.55. The number of nitrogens with two attached hydrogens (primary N) is 1. The van der Waals surface area contributed by atoms with Crippen molar-refractivity contribution in [1.82, 2.24) is 20.2 Å². The van der Waals surface area contributed by atoms with Crippen LogP contribution in [0.3, 0.4) is 0 Å². The summed E-state index contributed by atoms with van der Waals surface area (Å²) >= 11 is 2.93. The van der Waals surface area contributed by atoms with Gasteiger partial charge in [-0.3, -0.25) is 4.98 Å². The smallest absolute Gasteiger partial charge is 0.203 e. The third-order valence-electron chi connectivity index (χ3n) is 2.08. The summed E-state index contributed by atoms with van der Waals surface area (Å²) in [7, 11) is 0. The first-order valence-corrected chi connectivity index (χ1v) is 6.42. The molecule has 3 rings (SSSR count). The first kappa shape index (κ1) is 10.3. The van der Waals surface area contributed by atoms with E-state index >= 15 is 0 Å². The van der Waals surface area contributed by atoms with E-state index in [1.54, 1.807) is 29.9 Å². The number of anilines is 1. The van der Waals surface area contributed by atoms with Gasteiger partial charge in [-0.1, -0.05) is 11.3 Å². The number of nitrogens with zero attached hydrogens (tertiary/aromatic N) is 4. The third-order valence-corrected chi connectivity index (χ3v) is 4.05. The van der Waals surface area contributed by atoms with Crippen molar-refractivity contribution in [2.75, 3.05) is 5.73 Å². The van der Waals surface area contributed by atoms with Gasteiger partial charge in [-0.05, 0) is 12.1 Å². The minimum absolute atomic E-state index is 0.471. The van der Waals surface area contributed by atoms with Gasteiger partial charge in [-0.2, -0.15) is 0 Å². The van der Waals surface area contributed by atoms with Crippen LogP contribution in [0.1, 0.15) is 0 Å². The fraction of sp³-hybridized carbons (Fsp3) is 0. The van der Waals surface area contributed by atoms with Crippen LogP contribution < -0.4 is 5.73 Å². The van der Waals surface area contributed by atoms with Crippen LogP contribution in [-0.4, -0.2) is 20.2 Å². The Hall–Kier alpha value is -1.86. The van der Waals surface area contributed by atoms with Crippen molar-refractivity contribution in [1.29, 1.82) is 0 Å². The molecule has 0 unspecified atom stereocenters. The Bertz CT molecular complexity index is 631. The van der Waals surface area contributed by atoms with Gasteiger partial charge in [0.25, 0.3) is 0 Å². The van der Waals surface area contributed by atoms with E-state index in [-0.39, 0.29) is 0 Å². The maximum Gasteiger partial charge on any atom is 0.203 e. The predicted molar refractivity (Wildman–Crippen MR) is 68.7 cm³/mol. The zero-order valence-corrected chi connectivity index (χ0v) is 10.2. The molecule has 0 aromatic carbocycles. The zero-order chi connectivity index (χ0) is 11.7. The van der Waals surface area contributed by atoms with Gasteiger partial charge in [-0.25, -0.2) is 4.98 Å². The highest BCUT2D eigenvalue weighted by molar-refractivity contribution is 7.24. The van der Waals surface area contributed by atoms with Crippen LogP contribution in [0.25, 0.3) is 20.5 Å². The molecule has 0 bridgehead atoms. The third kappa shape index (κ3) is 2.02. The van der Waals surface area contributed by atoms with Gasteiger partial charge < -0.3 is 5.73 Å². The Balaban J connectivity index is 1.99. The number of thiazole rings is 1. The number of hydrogen-bond acceptors (Lipinski definition) is 7. The Labute approximate surface area is 105 Å². The van der Waals surface area contributed by atoms with Crippen molar-refractivity contribution in [3.63, 3.8) is 0 Å². The molecule has 3 aromatic rings. The fourth-order valence-corrected chi connectivity index (χ4v) is 2.90. The Morgan fingerprint density at radius 2 is 1.82 bits per heavy atom. The van der Waals surface area contributed by atoms with Crippen LogP contribution in [0.2, 0.25) is 0 Å². The van der Waals surface area contributed by atoms with Crippen molar-refractivity contribution in [2.45, 2.75) is 0 Å². The number of aromatic nitrogens is 4. The molecule has 17 heavy (non-hydrogen) atoms. The van der Waals surface area contributed by atoms with Crippen LogP contribution >= 0.6 is 22.7 Å². The van der Waals surface area contributed by atoms with E-state index in [1.807, 2.05) is 12.1 Å². The lowest BCUT2D eigenvalue weighted by Crippen LogP contribution is -1.79. The van der Waals surface area contributed by atoms with E-state index in [0.29, 0.717) is 5.13 Å². The number of nitrogen functional groups attached to an aromatic ring is 1. The highest BCUT2D eigenvalue weighted by atomic mass is 32.1. The van der Waals surface area contributed by atoms with Crippen molar-refractivity contribution in [2.24, 2.45) is 0 Å². The van der Waals surface area contributed by atoms with E-state index in [2.05, 4.69) is 20.2 Å². The van der Waals surface area contributed by atoms with E-state index in [0.717, 1.165) is 20.5 Å². The molecule has 0 saturated carbocycles. The molecule has 0 aliphatic rings. The minimum Gasteiger partial charge on any atom is -0.374 e. The minimum atomic E-state index is 0.471. The second kappa shape index (κ2) is 4.19. The van der Waals surface area contributed by atoms with E-state index < -0.39 is 0 Å².